The Morgan fingerprint density at radius 2 is 1.94 bits per heavy atom. The molecule has 0 fully saturated rings. The molecule has 0 spiro atoms. The zero-order valence-corrected chi connectivity index (χ0v) is 10.8. The van der Waals surface area contributed by atoms with Gasteiger partial charge in [0, 0.05) is 12.6 Å². The molecule has 2 atom stereocenters. The summed E-state index contributed by atoms with van der Waals surface area (Å²) in [5.41, 5.74) is 1.25. The summed E-state index contributed by atoms with van der Waals surface area (Å²) in [6, 6.07) is 10.5. The van der Waals surface area contributed by atoms with E-state index in [4.69, 9.17) is 5.11 Å². The zero-order chi connectivity index (χ0) is 12.8. The molecule has 3 heteroatoms. The van der Waals surface area contributed by atoms with Gasteiger partial charge >= 0.3 is 5.97 Å². The molecule has 0 aliphatic heterocycles. The Bertz CT molecular complexity index is 350. The van der Waals surface area contributed by atoms with Crippen LogP contribution in [0.4, 0.5) is 0 Å². The van der Waals surface area contributed by atoms with E-state index >= 15 is 0 Å². The van der Waals surface area contributed by atoms with E-state index in [0.717, 1.165) is 6.42 Å². The minimum absolute atomic E-state index is 0.290. The van der Waals surface area contributed by atoms with Gasteiger partial charge < -0.3 is 5.11 Å². The maximum absolute atomic E-state index is 10.9. The second-order valence-corrected chi connectivity index (χ2v) is 4.51. The Hall–Kier alpha value is -1.35. The second-order valence-electron chi connectivity index (χ2n) is 4.51. The lowest BCUT2D eigenvalue weighted by molar-refractivity contribution is -0.141. The largest absolute Gasteiger partial charge is 0.481 e. The van der Waals surface area contributed by atoms with Crippen molar-refractivity contribution in [3.8, 4) is 0 Å². The summed E-state index contributed by atoms with van der Waals surface area (Å²) in [5.74, 6) is -1.07. The van der Waals surface area contributed by atoms with Crippen molar-refractivity contribution in [1.29, 1.82) is 0 Å². The van der Waals surface area contributed by atoms with Crippen molar-refractivity contribution in [2.45, 2.75) is 26.3 Å². The normalized spacial score (nSPS) is 14.6. The molecule has 0 saturated carbocycles. The molecule has 2 unspecified atom stereocenters. The van der Waals surface area contributed by atoms with Gasteiger partial charge in [0.15, 0.2) is 0 Å². The summed E-state index contributed by atoms with van der Waals surface area (Å²) >= 11 is 0. The topological polar surface area (TPSA) is 40.5 Å². The molecule has 1 aromatic carbocycles. The summed E-state index contributed by atoms with van der Waals surface area (Å²) in [4.78, 5) is 13.0. The second kappa shape index (κ2) is 6.40. The highest BCUT2D eigenvalue weighted by Gasteiger charge is 2.19. The van der Waals surface area contributed by atoms with Crippen LogP contribution in [0.15, 0.2) is 30.3 Å². The minimum atomic E-state index is -0.736. The highest BCUT2D eigenvalue weighted by atomic mass is 16.4. The first-order valence-electron chi connectivity index (χ1n) is 6.04. The molecule has 1 aromatic rings. The molecule has 0 saturated heterocycles. The van der Waals surface area contributed by atoms with Crippen LogP contribution in [0.1, 0.15) is 31.9 Å². The van der Waals surface area contributed by atoms with Crippen LogP contribution in [0.5, 0.6) is 0 Å². The molecule has 0 aliphatic carbocycles. The molecule has 1 rings (SSSR count). The van der Waals surface area contributed by atoms with Crippen LogP contribution in [-0.2, 0) is 4.79 Å². The molecule has 1 N–H and O–H groups in total. The summed E-state index contributed by atoms with van der Waals surface area (Å²) < 4.78 is 0. The monoisotopic (exact) mass is 235 g/mol. The summed E-state index contributed by atoms with van der Waals surface area (Å²) in [7, 11) is 1.99. The molecular formula is C14H21NO2. The summed E-state index contributed by atoms with van der Waals surface area (Å²) in [6.45, 7) is 4.44. The number of carbonyl (C=O) groups is 1. The van der Waals surface area contributed by atoms with Crippen molar-refractivity contribution in [3.63, 3.8) is 0 Å². The molecule has 0 radical (unpaired) electrons. The quantitative estimate of drug-likeness (QED) is 0.824. The first-order valence-corrected chi connectivity index (χ1v) is 6.04. The predicted molar refractivity (Wildman–Crippen MR) is 68.9 cm³/mol. The Labute approximate surface area is 103 Å². The van der Waals surface area contributed by atoms with Gasteiger partial charge in [-0.05, 0) is 19.0 Å². The third-order valence-electron chi connectivity index (χ3n) is 3.09. The molecule has 3 nitrogen and oxygen atoms in total. The van der Waals surface area contributed by atoms with E-state index in [-0.39, 0.29) is 12.0 Å². The number of rotatable bonds is 6. The number of carboxylic acid groups (broad SMARTS) is 1. The number of hydrogen-bond donors (Lipinski definition) is 1. The fraction of sp³-hybridized carbons (Fsp3) is 0.500. The molecule has 0 amide bonds. The Balaban J connectivity index is 2.71. The van der Waals surface area contributed by atoms with Crippen molar-refractivity contribution < 1.29 is 9.90 Å². The Kier molecular flexibility index (Phi) is 5.16. The van der Waals surface area contributed by atoms with E-state index < -0.39 is 5.97 Å². The molecule has 0 heterocycles. The van der Waals surface area contributed by atoms with Crippen LogP contribution < -0.4 is 0 Å². The van der Waals surface area contributed by atoms with Crippen LogP contribution in [0, 0.1) is 5.92 Å². The van der Waals surface area contributed by atoms with Crippen molar-refractivity contribution >= 4 is 5.97 Å². The zero-order valence-electron chi connectivity index (χ0n) is 10.8. The standard InChI is InChI=1S/C14H21NO2/c1-4-13(12-8-6-5-7-9-12)15(3)10-11(2)14(16)17/h5-9,11,13H,4,10H2,1-3H3,(H,16,17). The lowest BCUT2D eigenvalue weighted by Crippen LogP contribution is -2.31. The van der Waals surface area contributed by atoms with E-state index in [1.54, 1.807) is 6.92 Å². The van der Waals surface area contributed by atoms with E-state index in [1.807, 2.05) is 25.2 Å². The van der Waals surface area contributed by atoms with E-state index in [1.165, 1.54) is 5.56 Å². The number of aliphatic carboxylic acids is 1. The maximum Gasteiger partial charge on any atom is 0.307 e. The van der Waals surface area contributed by atoms with Gasteiger partial charge in [0.1, 0.15) is 0 Å². The summed E-state index contributed by atoms with van der Waals surface area (Å²) in [6.07, 6.45) is 0.979. The van der Waals surface area contributed by atoms with Crippen molar-refractivity contribution in [3.05, 3.63) is 35.9 Å². The highest BCUT2D eigenvalue weighted by molar-refractivity contribution is 5.69. The SMILES string of the molecule is CCC(c1ccccc1)N(C)CC(C)C(=O)O. The van der Waals surface area contributed by atoms with Crippen molar-refractivity contribution in [2.24, 2.45) is 5.92 Å². The maximum atomic E-state index is 10.9. The predicted octanol–water partition coefficient (Wildman–Crippen LogP) is 2.79. The fourth-order valence-corrected chi connectivity index (χ4v) is 2.11. The molecule has 0 aliphatic rings. The average molecular weight is 235 g/mol. The van der Waals surface area contributed by atoms with Gasteiger partial charge in [-0.25, -0.2) is 0 Å². The van der Waals surface area contributed by atoms with Gasteiger partial charge in [-0.1, -0.05) is 44.2 Å². The third kappa shape index (κ3) is 3.86. The van der Waals surface area contributed by atoms with E-state index in [0.29, 0.717) is 6.54 Å². The van der Waals surface area contributed by atoms with Crippen molar-refractivity contribution in [2.75, 3.05) is 13.6 Å². The van der Waals surface area contributed by atoms with Gasteiger partial charge in [0.05, 0.1) is 5.92 Å². The number of benzene rings is 1. The fourth-order valence-electron chi connectivity index (χ4n) is 2.11. The lowest BCUT2D eigenvalue weighted by Gasteiger charge is -2.28. The van der Waals surface area contributed by atoms with Crippen molar-refractivity contribution in [1.82, 2.24) is 4.90 Å². The van der Waals surface area contributed by atoms with Crippen LogP contribution in [-0.4, -0.2) is 29.6 Å². The highest BCUT2D eigenvalue weighted by Crippen LogP contribution is 2.23. The van der Waals surface area contributed by atoms with E-state index in [2.05, 4.69) is 24.0 Å². The van der Waals surface area contributed by atoms with Crippen LogP contribution in [0.2, 0.25) is 0 Å². The molecule has 94 valence electrons. The van der Waals surface area contributed by atoms with Gasteiger partial charge in [0.25, 0.3) is 0 Å². The molecular weight excluding hydrogens is 214 g/mol. The van der Waals surface area contributed by atoms with Crippen LogP contribution in [0.3, 0.4) is 0 Å². The van der Waals surface area contributed by atoms with Crippen LogP contribution >= 0.6 is 0 Å². The first kappa shape index (κ1) is 13.7. The Morgan fingerprint density at radius 3 is 2.41 bits per heavy atom. The molecule has 0 aromatic heterocycles. The minimum Gasteiger partial charge on any atom is -0.481 e. The number of nitrogens with zero attached hydrogens (tertiary/aromatic N) is 1. The molecule has 0 bridgehead atoms. The van der Waals surface area contributed by atoms with Gasteiger partial charge in [-0.15, -0.1) is 0 Å². The van der Waals surface area contributed by atoms with Gasteiger partial charge in [-0.2, -0.15) is 0 Å². The number of hydrogen-bond acceptors (Lipinski definition) is 2. The first-order chi connectivity index (χ1) is 8.06. The Morgan fingerprint density at radius 1 is 1.35 bits per heavy atom. The molecule has 17 heavy (non-hydrogen) atoms. The van der Waals surface area contributed by atoms with Gasteiger partial charge in [-0.3, -0.25) is 9.69 Å². The lowest BCUT2D eigenvalue weighted by atomic mass is 10.0. The average Bonchev–Trinajstić information content (AvgIpc) is 2.31. The summed E-state index contributed by atoms with van der Waals surface area (Å²) in [5, 5.41) is 8.93. The van der Waals surface area contributed by atoms with E-state index in [9.17, 15) is 4.79 Å². The van der Waals surface area contributed by atoms with Gasteiger partial charge in [0.2, 0.25) is 0 Å². The van der Waals surface area contributed by atoms with Crippen LogP contribution in [0.25, 0.3) is 0 Å². The smallest absolute Gasteiger partial charge is 0.307 e. The number of carboxylic acids is 1. The third-order valence-corrected chi connectivity index (χ3v) is 3.09.